The lowest BCUT2D eigenvalue weighted by Gasteiger charge is -2.03. The number of aromatic nitrogens is 1. The molecule has 0 aliphatic carbocycles. The van der Waals surface area contributed by atoms with Gasteiger partial charge in [-0.3, -0.25) is 0 Å². The molecule has 0 atom stereocenters. The third-order valence-corrected chi connectivity index (χ3v) is 2.09. The van der Waals surface area contributed by atoms with Crippen LogP contribution in [0.5, 0.6) is 0 Å². The molecule has 0 amide bonds. The first kappa shape index (κ1) is 9.92. The normalized spacial score (nSPS) is 10.9. The van der Waals surface area contributed by atoms with E-state index in [-0.39, 0.29) is 17.4 Å². The van der Waals surface area contributed by atoms with Crippen LogP contribution in [-0.4, -0.2) is 4.98 Å². The van der Waals surface area contributed by atoms with E-state index in [4.69, 9.17) is 5.73 Å². The van der Waals surface area contributed by atoms with E-state index in [1.807, 2.05) is 0 Å². The van der Waals surface area contributed by atoms with Crippen LogP contribution in [0.4, 0.5) is 13.2 Å². The molecule has 5 heteroatoms. The van der Waals surface area contributed by atoms with Crippen molar-refractivity contribution in [1.82, 2.24) is 4.98 Å². The first-order valence-corrected chi connectivity index (χ1v) is 4.26. The molecule has 2 aromatic rings. The smallest absolute Gasteiger partial charge is 0.196 e. The number of pyridine rings is 1. The molecule has 0 aliphatic rings. The summed E-state index contributed by atoms with van der Waals surface area (Å²) in [7, 11) is 0. The van der Waals surface area contributed by atoms with E-state index in [2.05, 4.69) is 4.98 Å². The van der Waals surface area contributed by atoms with Gasteiger partial charge in [0.15, 0.2) is 17.5 Å². The summed E-state index contributed by atoms with van der Waals surface area (Å²) in [5.74, 6) is -4.01. The van der Waals surface area contributed by atoms with Gasteiger partial charge in [0.05, 0.1) is 5.69 Å². The van der Waals surface area contributed by atoms with Gasteiger partial charge in [-0.25, -0.2) is 18.2 Å². The summed E-state index contributed by atoms with van der Waals surface area (Å²) in [4.78, 5) is 3.79. The Bertz CT molecular complexity index is 526. The molecular weight excluding hydrogens is 205 g/mol. The summed E-state index contributed by atoms with van der Waals surface area (Å²) >= 11 is 0. The van der Waals surface area contributed by atoms with Crippen molar-refractivity contribution in [2.45, 2.75) is 6.54 Å². The highest BCUT2D eigenvalue weighted by Gasteiger charge is 2.14. The maximum absolute atomic E-state index is 13.3. The van der Waals surface area contributed by atoms with Crippen LogP contribution in [0.3, 0.4) is 0 Å². The van der Waals surface area contributed by atoms with Crippen LogP contribution in [0.2, 0.25) is 0 Å². The van der Waals surface area contributed by atoms with Crippen LogP contribution in [0, 0.1) is 17.5 Å². The fourth-order valence-electron chi connectivity index (χ4n) is 1.32. The maximum atomic E-state index is 13.3. The summed E-state index contributed by atoms with van der Waals surface area (Å²) in [5, 5.41) is 0.212. The van der Waals surface area contributed by atoms with E-state index in [9.17, 15) is 13.2 Å². The van der Waals surface area contributed by atoms with Crippen molar-refractivity contribution >= 4 is 10.9 Å². The summed E-state index contributed by atoms with van der Waals surface area (Å²) in [6.07, 6.45) is 0. The second kappa shape index (κ2) is 3.51. The van der Waals surface area contributed by atoms with Gasteiger partial charge in [-0.1, -0.05) is 6.07 Å². The Morgan fingerprint density at radius 1 is 1.13 bits per heavy atom. The average molecular weight is 212 g/mol. The maximum Gasteiger partial charge on any atom is 0.196 e. The van der Waals surface area contributed by atoms with Gasteiger partial charge in [0.25, 0.3) is 0 Å². The lowest BCUT2D eigenvalue weighted by molar-refractivity contribution is 0.452. The topological polar surface area (TPSA) is 38.9 Å². The van der Waals surface area contributed by atoms with Crippen LogP contribution < -0.4 is 5.73 Å². The van der Waals surface area contributed by atoms with Crippen molar-refractivity contribution in [1.29, 1.82) is 0 Å². The van der Waals surface area contributed by atoms with Gasteiger partial charge >= 0.3 is 0 Å². The molecule has 0 fully saturated rings. The molecule has 0 aliphatic heterocycles. The van der Waals surface area contributed by atoms with Gasteiger partial charge in [0.2, 0.25) is 0 Å². The highest BCUT2D eigenvalue weighted by Crippen LogP contribution is 2.21. The molecule has 0 saturated carbocycles. The number of hydrogen-bond acceptors (Lipinski definition) is 2. The predicted octanol–water partition coefficient (Wildman–Crippen LogP) is 2.11. The zero-order valence-electron chi connectivity index (χ0n) is 7.60. The predicted molar refractivity (Wildman–Crippen MR) is 49.5 cm³/mol. The molecule has 0 saturated heterocycles. The molecule has 2 N–H and O–H groups in total. The zero-order valence-corrected chi connectivity index (χ0v) is 7.60. The Hall–Kier alpha value is -1.62. The van der Waals surface area contributed by atoms with Crippen molar-refractivity contribution in [2.24, 2.45) is 5.73 Å². The van der Waals surface area contributed by atoms with Gasteiger partial charge in [0, 0.05) is 11.9 Å². The number of nitrogens with two attached hydrogens (primary N) is 1. The van der Waals surface area contributed by atoms with Crippen LogP contribution in [-0.2, 0) is 6.54 Å². The van der Waals surface area contributed by atoms with Gasteiger partial charge in [-0.05, 0) is 12.1 Å². The molecule has 1 heterocycles. The molecule has 0 radical (unpaired) electrons. The highest BCUT2D eigenvalue weighted by molar-refractivity contribution is 5.79. The van der Waals surface area contributed by atoms with Gasteiger partial charge < -0.3 is 5.73 Å². The first-order chi connectivity index (χ1) is 7.13. The minimum atomic E-state index is -1.51. The number of nitrogens with zero attached hydrogens (tertiary/aromatic N) is 1. The monoisotopic (exact) mass is 212 g/mol. The second-order valence-electron chi connectivity index (χ2n) is 3.06. The van der Waals surface area contributed by atoms with Gasteiger partial charge in [-0.2, -0.15) is 0 Å². The van der Waals surface area contributed by atoms with Crippen LogP contribution in [0.1, 0.15) is 5.69 Å². The standard InChI is InChI=1S/C10H7F3N2/c11-7-3-5-1-2-6(4-14)15-10(5)9(13)8(7)12/h1-3H,4,14H2. The lowest BCUT2D eigenvalue weighted by atomic mass is 10.2. The van der Waals surface area contributed by atoms with E-state index in [1.165, 1.54) is 6.07 Å². The van der Waals surface area contributed by atoms with Crippen LogP contribution >= 0.6 is 0 Å². The molecule has 2 nitrogen and oxygen atoms in total. The molecule has 0 spiro atoms. The van der Waals surface area contributed by atoms with Gasteiger partial charge in [-0.15, -0.1) is 0 Å². The number of rotatable bonds is 1. The molecule has 0 bridgehead atoms. The van der Waals surface area contributed by atoms with Crippen molar-refractivity contribution in [3.63, 3.8) is 0 Å². The SMILES string of the molecule is NCc1ccc2cc(F)c(F)c(F)c2n1. The van der Waals surface area contributed by atoms with Crippen molar-refractivity contribution < 1.29 is 13.2 Å². The molecule has 1 aromatic carbocycles. The van der Waals surface area contributed by atoms with Crippen molar-refractivity contribution in [3.05, 3.63) is 41.3 Å². The molecule has 1 aromatic heterocycles. The Balaban J connectivity index is 2.81. The first-order valence-electron chi connectivity index (χ1n) is 4.26. The van der Waals surface area contributed by atoms with E-state index in [0.717, 1.165) is 6.07 Å². The molecule has 0 unspecified atom stereocenters. The van der Waals surface area contributed by atoms with E-state index >= 15 is 0 Å². The number of fused-ring (bicyclic) bond motifs is 1. The Labute approximate surface area is 83.5 Å². The third-order valence-electron chi connectivity index (χ3n) is 2.09. The minimum Gasteiger partial charge on any atom is -0.325 e. The molecule has 78 valence electrons. The summed E-state index contributed by atoms with van der Waals surface area (Å²) in [5.41, 5.74) is 5.53. The highest BCUT2D eigenvalue weighted by atomic mass is 19.2. The summed E-state index contributed by atoms with van der Waals surface area (Å²) in [6, 6.07) is 3.90. The van der Waals surface area contributed by atoms with Crippen LogP contribution in [0.25, 0.3) is 10.9 Å². The number of benzene rings is 1. The quantitative estimate of drug-likeness (QED) is 0.735. The molecular formula is C10H7F3N2. The minimum absolute atomic E-state index is 0.119. The Morgan fingerprint density at radius 2 is 1.87 bits per heavy atom. The second-order valence-corrected chi connectivity index (χ2v) is 3.06. The largest absolute Gasteiger partial charge is 0.325 e. The average Bonchev–Trinajstić information content (AvgIpc) is 2.26. The van der Waals surface area contributed by atoms with Crippen molar-refractivity contribution in [2.75, 3.05) is 0 Å². The summed E-state index contributed by atoms with van der Waals surface area (Å²) < 4.78 is 39.0. The Morgan fingerprint density at radius 3 is 2.53 bits per heavy atom. The van der Waals surface area contributed by atoms with Crippen LogP contribution in [0.15, 0.2) is 18.2 Å². The van der Waals surface area contributed by atoms with E-state index in [1.54, 1.807) is 6.07 Å². The fraction of sp³-hybridized carbons (Fsp3) is 0.100. The van der Waals surface area contributed by atoms with Gasteiger partial charge in [0.1, 0.15) is 5.52 Å². The third kappa shape index (κ3) is 1.55. The summed E-state index contributed by atoms with van der Waals surface area (Å²) in [6.45, 7) is 0.119. The zero-order chi connectivity index (χ0) is 11.0. The van der Waals surface area contributed by atoms with E-state index in [0.29, 0.717) is 5.69 Å². The fourth-order valence-corrected chi connectivity index (χ4v) is 1.32. The molecule has 2 rings (SSSR count). The number of halogens is 3. The molecule has 15 heavy (non-hydrogen) atoms. The van der Waals surface area contributed by atoms with Crippen molar-refractivity contribution in [3.8, 4) is 0 Å². The number of hydrogen-bond donors (Lipinski definition) is 1. The lowest BCUT2D eigenvalue weighted by Crippen LogP contribution is -2.01. The van der Waals surface area contributed by atoms with E-state index < -0.39 is 17.5 Å². The Kier molecular flexibility index (Phi) is 2.32.